The first-order valence-corrected chi connectivity index (χ1v) is 9.92. The lowest BCUT2D eigenvalue weighted by Crippen LogP contribution is -1.85. The summed E-state index contributed by atoms with van der Waals surface area (Å²) in [6, 6.07) is 15.0. The molecule has 0 spiro atoms. The Hall–Kier alpha value is -2.30. The van der Waals surface area contributed by atoms with Crippen molar-refractivity contribution in [1.29, 1.82) is 0 Å². The minimum absolute atomic E-state index is 0.983. The molecule has 2 aromatic carbocycles. The highest BCUT2D eigenvalue weighted by Crippen LogP contribution is 2.34. The van der Waals surface area contributed by atoms with Crippen molar-refractivity contribution >= 4 is 22.7 Å². The lowest BCUT2D eigenvalue weighted by Gasteiger charge is -2.03. The van der Waals surface area contributed by atoms with E-state index in [-0.39, 0.29) is 0 Å². The third-order valence-corrected chi connectivity index (χ3v) is 6.03. The summed E-state index contributed by atoms with van der Waals surface area (Å²) in [4.78, 5) is 9.63. The van der Waals surface area contributed by atoms with Crippen LogP contribution < -0.4 is 0 Å². The van der Waals surface area contributed by atoms with E-state index < -0.39 is 0 Å². The summed E-state index contributed by atoms with van der Waals surface area (Å²) in [6.07, 6.45) is 0. The van der Waals surface area contributed by atoms with Crippen molar-refractivity contribution in [1.82, 2.24) is 9.97 Å². The van der Waals surface area contributed by atoms with Crippen LogP contribution in [0.4, 0.5) is 0 Å². The molecule has 2 heterocycles. The first kappa shape index (κ1) is 16.2. The van der Waals surface area contributed by atoms with E-state index in [4.69, 9.17) is 9.97 Å². The second-order valence-corrected chi connectivity index (χ2v) is 7.98. The summed E-state index contributed by atoms with van der Waals surface area (Å²) < 4.78 is 0. The van der Waals surface area contributed by atoms with E-state index in [1.165, 1.54) is 22.3 Å². The van der Waals surface area contributed by atoms with Gasteiger partial charge in [-0.1, -0.05) is 47.5 Å². The van der Waals surface area contributed by atoms with Crippen molar-refractivity contribution in [2.24, 2.45) is 0 Å². The molecule has 0 N–H and O–H groups in total. The standard InChI is InChI=1S/C21H18N2S2/c1-13-5-8-16(9-6-13)18-11-24-20(22-18)21-23-19(12-25-21)17-10-14(2)4-7-15(17)3/h4-12H,1-3H3. The number of rotatable bonds is 3. The molecule has 0 aliphatic carbocycles. The second kappa shape index (κ2) is 6.54. The van der Waals surface area contributed by atoms with Crippen LogP contribution in [0.25, 0.3) is 32.5 Å². The van der Waals surface area contributed by atoms with E-state index in [0.29, 0.717) is 0 Å². The quantitative estimate of drug-likeness (QED) is 0.414. The Bertz CT molecular complexity index is 1030. The van der Waals surface area contributed by atoms with E-state index in [1.807, 2.05) is 0 Å². The van der Waals surface area contributed by atoms with Gasteiger partial charge in [0.2, 0.25) is 0 Å². The zero-order chi connectivity index (χ0) is 17.4. The van der Waals surface area contributed by atoms with Gasteiger partial charge in [0.25, 0.3) is 0 Å². The van der Waals surface area contributed by atoms with Crippen molar-refractivity contribution in [3.63, 3.8) is 0 Å². The predicted octanol–water partition coefficient (Wildman–Crippen LogP) is 6.53. The van der Waals surface area contributed by atoms with Gasteiger partial charge in [-0.3, -0.25) is 0 Å². The van der Waals surface area contributed by atoms with Crippen LogP contribution in [0.5, 0.6) is 0 Å². The van der Waals surface area contributed by atoms with Gasteiger partial charge in [-0.05, 0) is 32.4 Å². The van der Waals surface area contributed by atoms with Crippen molar-refractivity contribution < 1.29 is 0 Å². The Morgan fingerprint density at radius 1 is 0.680 bits per heavy atom. The lowest BCUT2D eigenvalue weighted by atomic mass is 10.0. The molecule has 0 fully saturated rings. The summed E-state index contributed by atoms with van der Waals surface area (Å²) >= 11 is 3.31. The third kappa shape index (κ3) is 3.28. The van der Waals surface area contributed by atoms with Crippen molar-refractivity contribution in [2.75, 3.05) is 0 Å². The zero-order valence-electron chi connectivity index (χ0n) is 14.4. The molecule has 0 aliphatic rings. The minimum atomic E-state index is 0.983. The number of aromatic nitrogens is 2. The normalized spacial score (nSPS) is 11.0. The van der Waals surface area contributed by atoms with Gasteiger partial charge in [-0.2, -0.15) is 0 Å². The number of hydrogen-bond donors (Lipinski definition) is 0. The first-order chi connectivity index (χ1) is 12.1. The molecule has 2 nitrogen and oxygen atoms in total. The monoisotopic (exact) mass is 362 g/mol. The van der Waals surface area contributed by atoms with E-state index in [1.54, 1.807) is 22.7 Å². The van der Waals surface area contributed by atoms with Crippen LogP contribution in [0, 0.1) is 20.8 Å². The molecular formula is C21H18N2S2. The summed E-state index contributed by atoms with van der Waals surface area (Å²) in [7, 11) is 0. The maximum atomic E-state index is 4.84. The molecule has 4 heteroatoms. The van der Waals surface area contributed by atoms with Gasteiger partial charge in [0.05, 0.1) is 11.4 Å². The Balaban J connectivity index is 1.67. The minimum Gasteiger partial charge on any atom is -0.233 e. The first-order valence-electron chi connectivity index (χ1n) is 8.16. The number of aryl methyl sites for hydroxylation is 3. The summed E-state index contributed by atoms with van der Waals surface area (Å²) in [6.45, 7) is 6.35. The molecule has 2 aromatic heterocycles. The summed E-state index contributed by atoms with van der Waals surface area (Å²) in [5, 5.41) is 6.21. The van der Waals surface area contributed by atoms with Crippen LogP contribution in [0.2, 0.25) is 0 Å². The average molecular weight is 363 g/mol. The molecule has 0 saturated carbocycles. The number of thiazole rings is 2. The average Bonchev–Trinajstić information content (AvgIpc) is 3.27. The van der Waals surface area contributed by atoms with Crippen LogP contribution >= 0.6 is 22.7 Å². The van der Waals surface area contributed by atoms with Crippen molar-refractivity contribution in [3.8, 4) is 32.5 Å². The lowest BCUT2D eigenvalue weighted by molar-refractivity contribution is 1.32. The smallest absolute Gasteiger partial charge is 0.152 e. The SMILES string of the molecule is Cc1ccc(-c2csc(-c3nc(-c4cc(C)ccc4C)cs3)n2)cc1. The topological polar surface area (TPSA) is 25.8 Å². The van der Waals surface area contributed by atoms with Crippen LogP contribution in [0.1, 0.15) is 16.7 Å². The molecular weight excluding hydrogens is 344 g/mol. The van der Waals surface area contributed by atoms with E-state index in [0.717, 1.165) is 27.0 Å². The maximum Gasteiger partial charge on any atom is 0.152 e. The van der Waals surface area contributed by atoms with Gasteiger partial charge in [0.15, 0.2) is 10.0 Å². The zero-order valence-corrected chi connectivity index (χ0v) is 16.0. The third-order valence-electron chi connectivity index (χ3n) is 4.21. The van der Waals surface area contributed by atoms with Gasteiger partial charge in [-0.25, -0.2) is 9.97 Å². The van der Waals surface area contributed by atoms with Gasteiger partial charge in [-0.15, -0.1) is 22.7 Å². The Morgan fingerprint density at radius 2 is 1.28 bits per heavy atom. The summed E-state index contributed by atoms with van der Waals surface area (Å²) in [5.74, 6) is 0. The van der Waals surface area contributed by atoms with E-state index in [9.17, 15) is 0 Å². The largest absolute Gasteiger partial charge is 0.233 e. The highest BCUT2D eigenvalue weighted by atomic mass is 32.1. The molecule has 0 atom stereocenters. The Morgan fingerprint density at radius 3 is 2.00 bits per heavy atom. The molecule has 4 aromatic rings. The fourth-order valence-electron chi connectivity index (χ4n) is 2.74. The summed E-state index contributed by atoms with van der Waals surface area (Å²) in [5.41, 5.74) is 8.18. The van der Waals surface area contributed by atoms with Crippen LogP contribution in [0.15, 0.2) is 53.2 Å². The molecule has 25 heavy (non-hydrogen) atoms. The molecule has 0 unspecified atom stereocenters. The highest BCUT2D eigenvalue weighted by molar-refractivity contribution is 7.20. The molecule has 4 rings (SSSR count). The number of hydrogen-bond acceptors (Lipinski definition) is 4. The predicted molar refractivity (Wildman–Crippen MR) is 108 cm³/mol. The van der Waals surface area contributed by atoms with Crippen LogP contribution in [-0.2, 0) is 0 Å². The maximum absolute atomic E-state index is 4.84. The van der Waals surface area contributed by atoms with Crippen LogP contribution in [-0.4, -0.2) is 9.97 Å². The van der Waals surface area contributed by atoms with Gasteiger partial charge < -0.3 is 0 Å². The van der Waals surface area contributed by atoms with Gasteiger partial charge >= 0.3 is 0 Å². The van der Waals surface area contributed by atoms with E-state index in [2.05, 4.69) is 74.0 Å². The fraction of sp³-hybridized carbons (Fsp3) is 0.143. The Kier molecular flexibility index (Phi) is 4.24. The molecule has 124 valence electrons. The fourth-order valence-corrected chi connectivity index (χ4v) is 4.44. The molecule has 0 amide bonds. The van der Waals surface area contributed by atoms with Crippen molar-refractivity contribution in [2.45, 2.75) is 20.8 Å². The van der Waals surface area contributed by atoms with Gasteiger partial charge in [0.1, 0.15) is 0 Å². The number of nitrogens with zero attached hydrogens (tertiary/aromatic N) is 2. The van der Waals surface area contributed by atoms with Crippen LogP contribution in [0.3, 0.4) is 0 Å². The highest BCUT2D eigenvalue weighted by Gasteiger charge is 2.13. The molecule has 0 saturated heterocycles. The van der Waals surface area contributed by atoms with E-state index >= 15 is 0 Å². The second-order valence-electron chi connectivity index (χ2n) is 6.26. The molecule has 0 aliphatic heterocycles. The molecule has 0 bridgehead atoms. The molecule has 0 radical (unpaired) electrons. The Labute approximate surface area is 155 Å². The number of benzene rings is 2. The van der Waals surface area contributed by atoms with Crippen molar-refractivity contribution in [3.05, 3.63) is 69.9 Å². The van der Waals surface area contributed by atoms with Gasteiger partial charge in [0, 0.05) is 21.9 Å².